The van der Waals surface area contributed by atoms with Crippen LogP contribution in [-0.2, 0) is 4.79 Å². The summed E-state index contributed by atoms with van der Waals surface area (Å²) in [5, 5.41) is 8.31. The fourth-order valence-electron chi connectivity index (χ4n) is 0.936. The quantitative estimate of drug-likeness (QED) is 0.481. The number of allylic oxidation sites excluding steroid dienone is 5. The molecule has 0 atom stereocenters. The molecule has 0 amide bonds. The molecule has 0 saturated carbocycles. The van der Waals surface area contributed by atoms with Crippen LogP contribution in [0.3, 0.4) is 0 Å². The van der Waals surface area contributed by atoms with Crippen LogP contribution in [0.2, 0.25) is 0 Å². The highest BCUT2D eigenvalue weighted by Gasteiger charge is 1.97. The zero-order valence-corrected chi connectivity index (χ0v) is 6.10. The first-order valence-electron chi connectivity index (χ1n) is 3.53. The van der Waals surface area contributed by atoms with E-state index >= 15 is 0 Å². The van der Waals surface area contributed by atoms with Crippen LogP contribution in [0.15, 0.2) is 36.5 Å². The molecule has 11 heavy (non-hydrogen) atoms. The van der Waals surface area contributed by atoms with E-state index in [1.807, 2.05) is 24.3 Å². The lowest BCUT2D eigenvalue weighted by atomic mass is 10.0. The number of hydrogen-bond donors (Lipinski definition) is 1. The lowest BCUT2D eigenvalue weighted by Crippen LogP contribution is -1.93. The Bertz CT molecular complexity index is 212. The van der Waals surface area contributed by atoms with Crippen molar-refractivity contribution in [1.29, 1.82) is 0 Å². The molecule has 0 bridgehead atoms. The van der Waals surface area contributed by atoms with Gasteiger partial charge in [-0.05, 0) is 6.42 Å². The maximum absolute atomic E-state index is 10.1. The van der Waals surface area contributed by atoms with Gasteiger partial charge in [0, 0.05) is 12.0 Å². The van der Waals surface area contributed by atoms with Crippen molar-refractivity contribution in [2.24, 2.45) is 5.92 Å². The molecule has 2 nitrogen and oxygen atoms in total. The summed E-state index contributed by atoms with van der Waals surface area (Å²) < 4.78 is 0. The molecular formula is C9H10O2. The molecule has 0 aromatic heterocycles. The van der Waals surface area contributed by atoms with Crippen molar-refractivity contribution in [3.8, 4) is 0 Å². The van der Waals surface area contributed by atoms with Gasteiger partial charge in [0.2, 0.25) is 0 Å². The van der Waals surface area contributed by atoms with E-state index < -0.39 is 5.97 Å². The van der Waals surface area contributed by atoms with Crippen LogP contribution >= 0.6 is 0 Å². The Morgan fingerprint density at radius 2 is 2.09 bits per heavy atom. The van der Waals surface area contributed by atoms with Crippen molar-refractivity contribution in [2.45, 2.75) is 6.42 Å². The largest absolute Gasteiger partial charge is 0.478 e. The van der Waals surface area contributed by atoms with Crippen molar-refractivity contribution in [3.05, 3.63) is 36.5 Å². The monoisotopic (exact) mass is 150 g/mol. The third-order valence-electron chi connectivity index (χ3n) is 1.45. The Morgan fingerprint density at radius 1 is 1.45 bits per heavy atom. The zero-order valence-electron chi connectivity index (χ0n) is 6.10. The van der Waals surface area contributed by atoms with E-state index in [9.17, 15) is 4.79 Å². The number of carboxylic acid groups (broad SMARTS) is 1. The first-order chi connectivity index (χ1) is 5.29. The summed E-state index contributed by atoms with van der Waals surface area (Å²) in [5.74, 6) is -0.725. The molecule has 0 heterocycles. The Morgan fingerprint density at radius 3 is 2.64 bits per heavy atom. The molecule has 1 N–H and O–H groups in total. The molecule has 0 radical (unpaired) electrons. The summed E-state index contributed by atoms with van der Waals surface area (Å²) in [5.41, 5.74) is 0. The topological polar surface area (TPSA) is 37.3 Å². The predicted molar refractivity (Wildman–Crippen MR) is 43.2 cm³/mol. The number of rotatable bonds is 2. The van der Waals surface area contributed by atoms with Gasteiger partial charge < -0.3 is 5.11 Å². The van der Waals surface area contributed by atoms with Gasteiger partial charge in [-0.3, -0.25) is 0 Å². The van der Waals surface area contributed by atoms with Crippen molar-refractivity contribution < 1.29 is 9.90 Å². The second-order valence-electron chi connectivity index (χ2n) is 2.37. The summed E-state index contributed by atoms with van der Waals surface area (Å²) in [7, 11) is 0. The Balaban J connectivity index is 2.48. The van der Waals surface area contributed by atoms with Crippen LogP contribution in [0.5, 0.6) is 0 Å². The van der Waals surface area contributed by atoms with Crippen LogP contribution in [0.1, 0.15) is 6.42 Å². The maximum atomic E-state index is 10.1. The zero-order chi connectivity index (χ0) is 8.10. The van der Waals surface area contributed by atoms with Crippen LogP contribution in [0.4, 0.5) is 0 Å². The van der Waals surface area contributed by atoms with E-state index in [2.05, 4.69) is 0 Å². The molecule has 1 aliphatic rings. The highest BCUT2D eigenvalue weighted by Crippen LogP contribution is 2.09. The van der Waals surface area contributed by atoms with Gasteiger partial charge in [0.05, 0.1) is 0 Å². The minimum atomic E-state index is -0.891. The average molecular weight is 150 g/mol. The number of carboxylic acids is 1. The van der Waals surface area contributed by atoms with E-state index in [1.165, 1.54) is 6.08 Å². The second-order valence-corrected chi connectivity index (χ2v) is 2.37. The molecule has 0 aliphatic heterocycles. The average Bonchev–Trinajstić information content (AvgIpc) is 2.03. The van der Waals surface area contributed by atoms with Gasteiger partial charge in [-0.2, -0.15) is 0 Å². The molecule has 1 aliphatic carbocycles. The van der Waals surface area contributed by atoms with Gasteiger partial charge in [-0.15, -0.1) is 0 Å². The van der Waals surface area contributed by atoms with E-state index in [0.29, 0.717) is 0 Å². The summed E-state index contributed by atoms with van der Waals surface area (Å²) in [6.45, 7) is 0. The molecule has 0 aromatic rings. The Labute approximate surface area is 65.5 Å². The lowest BCUT2D eigenvalue weighted by Gasteiger charge is -2.02. The van der Waals surface area contributed by atoms with Crippen molar-refractivity contribution in [1.82, 2.24) is 0 Å². The van der Waals surface area contributed by atoms with Crippen LogP contribution in [0.25, 0.3) is 0 Å². The van der Waals surface area contributed by atoms with Gasteiger partial charge >= 0.3 is 5.97 Å². The number of carbonyl (C=O) groups is 1. The smallest absolute Gasteiger partial charge is 0.328 e. The highest BCUT2D eigenvalue weighted by molar-refractivity contribution is 5.79. The van der Waals surface area contributed by atoms with Gasteiger partial charge in [0.25, 0.3) is 0 Å². The summed E-state index contributed by atoms with van der Waals surface area (Å²) in [6.07, 6.45) is 11.8. The highest BCUT2D eigenvalue weighted by atomic mass is 16.4. The minimum absolute atomic E-state index is 0.167. The van der Waals surface area contributed by atoms with Gasteiger partial charge in [0.15, 0.2) is 0 Å². The van der Waals surface area contributed by atoms with Crippen molar-refractivity contribution in [2.75, 3.05) is 0 Å². The molecule has 0 spiro atoms. The fourth-order valence-corrected chi connectivity index (χ4v) is 0.936. The fraction of sp³-hybridized carbons (Fsp3) is 0.222. The molecule has 0 saturated heterocycles. The molecular weight excluding hydrogens is 140 g/mol. The standard InChI is InChI=1S/C9H10O2/c10-9(11)7-6-8-4-2-1-3-5-8/h2-8H,1H2,(H,10,11)/b7-6+. The van der Waals surface area contributed by atoms with Crippen molar-refractivity contribution >= 4 is 5.97 Å². The molecule has 0 unspecified atom stereocenters. The van der Waals surface area contributed by atoms with E-state index in [4.69, 9.17) is 5.11 Å². The van der Waals surface area contributed by atoms with Gasteiger partial charge in [0.1, 0.15) is 0 Å². The number of aliphatic carboxylic acids is 1. The lowest BCUT2D eigenvalue weighted by molar-refractivity contribution is -0.131. The molecule has 0 aromatic carbocycles. The predicted octanol–water partition coefficient (Wildman–Crippen LogP) is 1.76. The number of hydrogen-bond acceptors (Lipinski definition) is 1. The maximum Gasteiger partial charge on any atom is 0.328 e. The Hall–Kier alpha value is -1.31. The van der Waals surface area contributed by atoms with Crippen LogP contribution in [-0.4, -0.2) is 11.1 Å². The third-order valence-corrected chi connectivity index (χ3v) is 1.45. The van der Waals surface area contributed by atoms with Crippen LogP contribution < -0.4 is 0 Å². The van der Waals surface area contributed by atoms with Gasteiger partial charge in [-0.25, -0.2) is 4.79 Å². The molecule has 1 rings (SSSR count). The molecule has 0 fully saturated rings. The molecule has 2 heteroatoms. The van der Waals surface area contributed by atoms with Gasteiger partial charge in [-0.1, -0.05) is 30.4 Å². The van der Waals surface area contributed by atoms with E-state index in [1.54, 1.807) is 6.08 Å². The normalized spacial score (nSPS) is 17.8. The first-order valence-corrected chi connectivity index (χ1v) is 3.53. The summed E-state index contributed by atoms with van der Waals surface area (Å²) in [4.78, 5) is 10.1. The van der Waals surface area contributed by atoms with Crippen molar-refractivity contribution in [3.63, 3.8) is 0 Å². The Kier molecular flexibility index (Phi) is 2.66. The summed E-state index contributed by atoms with van der Waals surface area (Å²) in [6, 6.07) is 0. The van der Waals surface area contributed by atoms with E-state index in [-0.39, 0.29) is 5.92 Å². The van der Waals surface area contributed by atoms with Crippen LogP contribution in [0, 0.1) is 5.92 Å². The van der Waals surface area contributed by atoms with E-state index in [0.717, 1.165) is 6.42 Å². The first kappa shape index (κ1) is 7.79. The SMILES string of the molecule is O=C(O)/C=C/C1C=CCC=C1. The molecule has 58 valence electrons. The third kappa shape index (κ3) is 2.85. The minimum Gasteiger partial charge on any atom is -0.478 e. The summed E-state index contributed by atoms with van der Waals surface area (Å²) >= 11 is 0. The second kappa shape index (κ2) is 3.76.